The molecule has 5 heteroatoms. The van der Waals surface area contributed by atoms with E-state index in [9.17, 15) is 5.26 Å². The third-order valence-corrected chi connectivity index (χ3v) is 4.27. The first kappa shape index (κ1) is 14.8. The molecule has 3 rings (SSSR count). The van der Waals surface area contributed by atoms with Crippen LogP contribution in [0.3, 0.4) is 0 Å². The molecule has 0 bridgehead atoms. The number of likely N-dealkylation sites (N-methyl/N-ethyl adjacent to an activating group) is 1. The van der Waals surface area contributed by atoms with Crippen LogP contribution in [0.25, 0.3) is 10.9 Å². The maximum atomic E-state index is 9.33. The molecule has 0 saturated heterocycles. The fourth-order valence-electron chi connectivity index (χ4n) is 2.64. The van der Waals surface area contributed by atoms with E-state index in [2.05, 4.69) is 34.4 Å². The molecule has 0 unspecified atom stereocenters. The van der Waals surface area contributed by atoms with Crippen LogP contribution in [0, 0.1) is 11.3 Å². The molecule has 0 spiro atoms. The van der Waals surface area contributed by atoms with Crippen LogP contribution in [-0.2, 0) is 0 Å². The molecule has 1 N–H and O–H groups in total. The Kier molecular flexibility index (Phi) is 4.28. The third-order valence-electron chi connectivity index (χ3n) is 3.97. The van der Waals surface area contributed by atoms with Crippen molar-refractivity contribution in [2.45, 2.75) is 6.42 Å². The number of hydrogen-bond acceptors (Lipinski definition) is 4. The van der Waals surface area contributed by atoms with E-state index in [4.69, 9.17) is 11.6 Å². The number of pyridine rings is 1. The molecule has 0 radical (unpaired) electrons. The van der Waals surface area contributed by atoms with Crippen molar-refractivity contribution < 1.29 is 0 Å². The number of para-hydroxylation sites is 1. The highest BCUT2D eigenvalue weighted by Gasteiger charge is 2.12. The second-order valence-corrected chi connectivity index (χ2v) is 5.93. The maximum absolute atomic E-state index is 9.33. The quantitative estimate of drug-likeness (QED) is 0.882. The average molecular weight is 313 g/mol. The zero-order valence-corrected chi connectivity index (χ0v) is 13.2. The van der Waals surface area contributed by atoms with Gasteiger partial charge in [-0.2, -0.15) is 5.26 Å². The Labute approximate surface area is 135 Å². The number of nitriles is 1. The molecular formula is C17H17ClN4. The van der Waals surface area contributed by atoms with Crippen molar-refractivity contribution >= 4 is 28.2 Å². The first-order chi connectivity index (χ1) is 10.7. The summed E-state index contributed by atoms with van der Waals surface area (Å²) in [5.41, 5.74) is 3.45. The van der Waals surface area contributed by atoms with Gasteiger partial charge in [0.2, 0.25) is 0 Å². The first-order valence-corrected chi connectivity index (χ1v) is 7.64. The highest BCUT2D eigenvalue weighted by atomic mass is 35.5. The minimum atomic E-state index is 0.545. The van der Waals surface area contributed by atoms with E-state index in [1.54, 1.807) is 6.20 Å². The lowest BCUT2D eigenvalue weighted by Gasteiger charge is -2.22. The van der Waals surface area contributed by atoms with Gasteiger partial charge in [0, 0.05) is 31.2 Å². The predicted octanol–water partition coefficient (Wildman–Crippen LogP) is 3.43. The van der Waals surface area contributed by atoms with Gasteiger partial charge in [0.1, 0.15) is 6.07 Å². The van der Waals surface area contributed by atoms with Gasteiger partial charge in [0.15, 0.2) is 0 Å². The summed E-state index contributed by atoms with van der Waals surface area (Å²) < 4.78 is 0. The smallest absolute Gasteiger partial charge is 0.103 e. The van der Waals surface area contributed by atoms with Crippen LogP contribution in [0.1, 0.15) is 12.0 Å². The number of nitrogens with zero attached hydrogens (tertiary/aromatic N) is 3. The van der Waals surface area contributed by atoms with Gasteiger partial charge in [0.25, 0.3) is 0 Å². The van der Waals surface area contributed by atoms with Gasteiger partial charge in [-0.15, -0.1) is 0 Å². The Morgan fingerprint density at radius 2 is 2.32 bits per heavy atom. The molecule has 0 saturated carbocycles. The summed E-state index contributed by atoms with van der Waals surface area (Å²) >= 11 is 6.20. The van der Waals surface area contributed by atoms with Crippen LogP contribution >= 0.6 is 11.6 Å². The zero-order chi connectivity index (χ0) is 15.5. The fourth-order valence-corrected chi connectivity index (χ4v) is 2.86. The van der Waals surface area contributed by atoms with E-state index >= 15 is 0 Å². The molecule has 0 fully saturated rings. The van der Waals surface area contributed by atoms with Crippen LogP contribution in [0.5, 0.6) is 0 Å². The second-order valence-electron chi connectivity index (χ2n) is 5.52. The lowest BCUT2D eigenvalue weighted by molar-refractivity contribution is 0.358. The van der Waals surface area contributed by atoms with E-state index < -0.39 is 0 Å². The van der Waals surface area contributed by atoms with Crippen molar-refractivity contribution in [1.82, 2.24) is 9.88 Å². The first-order valence-electron chi connectivity index (χ1n) is 7.26. The number of benzene rings is 1. The zero-order valence-electron chi connectivity index (χ0n) is 12.4. The van der Waals surface area contributed by atoms with Gasteiger partial charge in [-0.1, -0.05) is 35.4 Å². The molecule has 2 aromatic rings. The Hall–Kier alpha value is -2.09. The summed E-state index contributed by atoms with van der Waals surface area (Å²) in [5.74, 6) is 0. The molecule has 22 heavy (non-hydrogen) atoms. The van der Waals surface area contributed by atoms with Crippen LogP contribution in [0.4, 0.5) is 5.69 Å². The standard InChI is InChI=1S/C17H17ClN4/c1-22-7-5-12(6-8-22)10-20-16-13(9-19)11-21-17-14(16)3-2-4-15(17)18/h2-5,11H,6-8,10H2,1H3,(H,20,21). The Balaban J connectivity index is 1.92. The molecule has 1 aliphatic rings. The summed E-state index contributed by atoms with van der Waals surface area (Å²) in [7, 11) is 2.12. The molecule has 1 aromatic carbocycles. The molecular weight excluding hydrogens is 296 g/mol. The Morgan fingerprint density at radius 3 is 3.05 bits per heavy atom. The lowest BCUT2D eigenvalue weighted by atomic mass is 10.1. The predicted molar refractivity (Wildman–Crippen MR) is 90.2 cm³/mol. The number of anilines is 1. The minimum Gasteiger partial charge on any atom is -0.380 e. The number of fused-ring (bicyclic) bond motifs is 1. The third kappa shape index (κ3) is 2.92. The summed E-state index contributed by atoms with van der Waals surface area (Å²) in [6, 6.07) is 7.85. The molecule has 1 aromatic heterocycles. The molecule has 4 nitrogen and oxygen atoms in total. The monoisotopic (exact) mass is 312 g/mol. The number of hydrogen-bond donors (Lipinski definition) is 1. The maximum Gasteiger partial charge on any atom is 0.103 e. The SMILES string of the molecule is CN1CC=C(CNc2c(C#N)cnc3c(Cl)cccc23)CC1. The van der Waals surface area contributed by atoms with Crippen molar-refractivity contribution in [3.05, 3.63) is 46.6 Å². The van der Waals surface area contributed by atoms with Crippen molar-refractivity contribution in [2.75, 3.05) is 32.0 Å². The molecule has 0 amide bonds. The molecule has 112 valence electrons. The lowest BCUT2D eigenvalue weighted by Crippen LogP contribution is -2.26. The van der Waals surface area contributed by atoms with E-state index in [1.165, 1.54) is 5.57 Å². The van der Waals surface area contributed by atoms with E-state index in [-0.39, 0.29) is 0 Å². The molecule has 2 heterocycles. The van der Waals surface area contributed by atoms with E-state index in [0.717, 1.165) is 42.6 Å². The Bertz CT molecular complexity index is 776. The van der Waals surface area contributed by atoms with Crippen LogP contribution in [0.2, 0.25) is 5.02 Å². The number of nitrogens with one attached hydrogen (secondary N) is 1. The number of rotatable bonds is 3. The number of aromatic nitrogens is 1. The molecule has 1 aliphatic heterocycles. The van der Waals surface area contributed by atoms with Gasteiger partial charge >= 0.3 is 0 Å². The molecule has 0 aliphatic carbocycles. The van der Waals surface area contributed by atoms with Gasteiger partial charge in [-0.05, 0) is 19.5 Å². The summed E-state index contributed by atoms with van der Waals surface area (Å²) in [6.45, 7) is 2.79. The highest BCUT2D eigenvalue weighted by Crippen LogP contribution is 2.30. The highest BCUT2D eigenvalue weighted by molar-refractivity contribution is 6.35. The van der Waals surface area contributed by atoms with Gasteiger partial charge in [-0.3, -0.25) is 4.98 Å². The van der Waals surface area contributed by atoms with Crippen molar-refractivity contribution in [3.8, 4) is 6.07 Å². The largest absolute Gasteiger partial charge is 0.380 e. The van der Waals surface area contributed by atoms with E-state index in [1.807, 2.05) is 18.2 Å². The average Bonchev–Trinajstić information content (AvgIpc) is 2.54. The van der Waals surface area contributed by atoms with Crippen molar-refractivity contribution in [1.29, 1.82) is 5.26 Å². The normalized spacial score (nSPS) is 15.4. The van der Waals surface area contributed by atoms with Gasteiger partial charge < -0.3 is 10.2 Å². The summed E-state index contributed by atoms with van der Waals surface area (Å²) in [5, 5.41) is 14.2. The van der Waals surface area contributed by atoms with Crippen molar-refractivity contribution in [2.24, 2.45) is 0 Å². The second kappa shape index (κ2) is 6.35. The number of halogens is 1. The van der Waals surface area contributed by atoms with Crippen LogP contribution < -0.4 is 5.32 Å². The fraction of sp³-hybridized carbons (Fsp3) is 0.294. The molecule has 0 atom stereocenters. The summed E-state index contributed by atoms with van der Waals surface area (Å²) in [4.78, 5) is 6.58. The van der Waals surface area contributed by atoms with E-state index in [0.29, 0.717) is 10.6 Å². The van der Waals surface area contributed by atoms with Crippen LogP contribution in [-0.4, -0.2) is 36.6 Å². The minimum absolute atomic E-state index is 0.545. The Morgan fingerprint density at radius 1 is 1.45 bits per heavy atom. The van der Waals surface area contributed by atoms with Crippen LogP contribution in [0.15, 0.2) is 36.0 Å². The topological polar surface area (TPSA) is 52.0 Å². The van der Waals surface area contributed by atoms with Gasteiger partial charge in [0.05, 0.1) is 21.8 Å². The summed E-state index contributed by atoms with van der Waals surface area (Å²) in [6.07, 6.45) is 4.88. The van der Waals surface area contributed by atoms with Gasteiger partial charge in [-0.25, -0.2) is 0 Å². The van der Waals surface area contributed by atoms with Crippen molar-refractivity contribution in [3.63, 3.8) is 0 Å².